The van der Waals surface area contributed by atoms with Crippen LogP contribution >= 0.6 is 0 Å². The van der Waals surface area contributed by atoms with Crippen molar-refractivity contribution in [2.75, 3.05) is 26.7 Å². The molecule has 0 spiro atoms. The van der Waals surface area contributed by atoms with Crippen molar-refractivity contribution in [3.8, 4) is 17.2 Å². The van der Waals surface area contributed by atoms with Crippen molar-refractivity contribution in [2.24, 2.45) is 0 Å². The van der Waals surface area contributed by atoms with Crippen molar-refractivity contribution in [3.63, 3.8) is 0 Å². The van der Waals surface area contributed by atoms with Gasteiger partial charge in [0.1, 0.15) is 6.04 Å². The number of methoxy groups -OCH3 is 1. The standard InChI is InChI=1S/C34H40FN5O6/c1-3-27-34(44)38-22-24-9-12-28(26(35)19-24)46-30-20-25(11-13-29(30)45-2)33(43)37-16-6-18-40(17-5-8-31(41)39-27)32(42)14-10-23-7-4-15-36-21-23/h4,7,9,11-13,15,19-21,27H,3,5-6,8,10,14,16-18,22H2,1-2H3,(H,37,43)(H,38,44)(H,39,41)/t27-/m0/s1. The van der Waals surface area contributed by atoms with E-state index in [1.807, 2.05) is 12.1 Å². The molecule has 4 amide bonds. The highest BCUT2D eigenvalue weighted by Gasteiger charge is 2.21. The van der Waals surface area contributed by atoms with Crippen LogP contribution in [0.3, 0.4) is 0 Å². The number of hydrogen-bond acceptors (Lipinski definition) is 7. The lowest BCUT2D eigenvalue weighted by Gasteiger charge is -2.23. The van der Waals surface area contributed by atoms with Crippen LogP contribution in [0.25, 0.3) is 0 Å². The largest absolute Gasteiger partial charge is 0.493 e. The first kappa shape index (κ1) is 33.9. The van der Waals surface area contributed by atoms with Crippen molar-refractivity contribution in [1.82, 2.24) is 25.8 Å². The maximum absolute atomic E-state index is 15.0. The lowest BCUT2D eigenvalue weighted by atomic mass is 10.1. The fourth-order valence-electron chi connectivity index (χ4n) is 5.01. The summed E-state index contributed by atoms with van der Waals surface area (Å²) in [6.45, 7) is 2.83. The van der Waals surface area contributed by atoms with Crippen LogP contribution in [0.4, 0.5) is 4.39 Å². The molecule has 0 unspecified atom stereocenters. The number of rotatable bonds is 5. The zero-order valence-corrected chi connectivity index (χ0v) is 26.1. The quantitative estimate of drug-likeness (QED) is 0.387. The Kier molecular flexibility index (Phi) is 12.4. The number of hydrogen-bond donors (Lipinski definition) is 3. The van der Waals surface area contributed by atoms with Gasteiger partial charge in [0.25, 0.3) is 5.91 Å². The number of halogens is 1. The molecule has 3 heterocycles. The molecule has 11 nitrogen and oxygen atoms in total. The molecule has 0 saturated carbocycles. The van der Waals surface area contributed by atoms with Gasteiger partial charge in [0.15, 0.2) is 23.1 Å². The Hall–Kier alpha value is -5.00. The van der Waals surface area contributed by atoms with E-state index in [4.69, 9.17) is 9.47 Å². The second-order valence-corrected chi connectivity index (χ2v) is 10.9. The van der Waals surface area contributed by atoms with Gasteiger partial charge in [-0.3, -0.25) is 24.2 Å². The number of benzene rings is 2. The lowest BCUT2D eigenvalue weighted by Crippen LogP contribution is -2.46. The van der Waals surface area contributed by atoms with E-state index in [0.717, 1.165) is 5.56 Å². The van der Waals surface area contributed by atoms with E-state index in [9.17, 15) is 19.2 Å². The summed E-state index contributed by atoms with van der Waals surface area (Å²) in [6, 6.07) is 11.9. The molecule has 0 radical (unpaired) electrons. The maximum Gasteiger partial charge on any atom is 0.251 e. The molecule has 0 saturated heterocycles. The number of amides is 4. The Balaban J connectivity index is 1.51. The summed E-state index contributed by atoms with van der Waals surface area (Å²) >= 11 is 0. The first-order valence-corrected chi connectivity index (χ1v) is 15.4. The number of aryl methyl sites for hydroxylation is 1. The van der Waals surface area contributed by atoms with Gasteiger partial charge in [-0.1, -0.05) is 19.1 Å². The Morgan fingerprint density at radius 3 is 2.63 bits per heavy atom. The molecule has 1 aromatic heterocycles. The number of ether oxygens (including phenoxy) is 2. The zero-order chi connectivity index (χ0) is 32.9. The molecule has 12 heteroatoms. The Morgan fingerprint density at radius 1 is 1.07 bits per heavy atom. The molecule has 2 aliphatic heterocycles. The third-order valence-electron chi connectivity index (χ3n) is 7.59. The summed E-state index contributed by atoms with van der Waals surface area (Å²) in [6.07, 6.45) is 5.58. The average molecular weight is 634 g/mol. The fraction of sp³-hybridized carbons (Fsp3) is 0.382. The minimum Gasteiger partial charge on any atom is -0.493 e. The minimum atomic E-state index is -0.762. The molecule has 46 heavy (non-hydrogen) atoms. The smallest absolute Gasteiger partial charge is 0.251 e. The van der Waals surface area contributed by atoms with Gasteiger partial charge in [-0.15, -0.1) is 0 Å². The first-order chi connectivity index (χ1) is 22.3. The number of pyridine rings is 1. The highest BCUT2D eigenvalue weighted by molar-refractivity contribution is 5.95. The fourth-order valence-corrected chi connectivity index (χ4v) is 5.01. The van der Waals surface area contributed by atoms with E-state index >= 15 is 4.39 Å². The third kappa shape index (κ3) is 9.75. The van der Waals surface area contributed by atoms with Crippen LogP contribution in [0, 0.1) is 5.82 Å². The molecule has 3 N–H and O–H groups in total. The SMILES string of the molecule is CC[C@@H]1NC(=O)CCCN(C(=O)CCc2cccnc2)CCCNC(=O)c2ccc(OC)c(c2)Oc2ccc(cc2F)CNC1=O. The van der Waals surface area contributed by atoms with E-state index in [0.29, 0.717) is 50.1 Å². The maximum atomic E-state index is 15.0. The van der Waals surface area contributed by atoms with Crippen molar-refractivity contribution in [1.29, 1.82) is 0 Å². The number of aromatic nitrogens is 1. The molecule has 3 aromatic rings. The Labute approximate surface area is 267 Å². The number of carbonyl (C=O) groups is 4. The third-order valence-corrected chi connectivity index (χ3v) is 7.59. The molecule has 2 aliphatic rings. The van der Waals surface area contributed by atoms with E-state index in [-0.39, 0.29) is 66.6 Å². The van der Waals surface area contributed by atoms with Gasteiger partial charge in [0.05, 0.1) is 7.11 Å². The van der Waals surface area contributed by atoms with Gasteiger partial charge in [-0.05, 0) is 73.2 Å². The van der Waals surface area contributed by atoms with E-state index in [1.165, 1.54) is 25.3 Å². The molecule has 4 bridgehead atoms. The minimum absolute atomic E-state index is 0.0392. The van der Waals surface area contributed by atoms with Gasteiger partial charge in [-0.25, -0.2) is 4.39 Å². The van der Waals surface area contributed by atoms with E-state index < -0.39 is 11.9 Å². The normalized spacial score (nSPS) is 16.9. The number of nitrogens with one attached hydrogen (secondary N) is 3. The molecular formula is C34H40FN5O6. The lowest BCUT2D eigenvalue weighted by molar-refractivity contribution is -0.132. The Bertz CT molecular complexity index is 1520. The van der Waals surface area contributed by atoms with Gasteiger partial charge >= 0.3 is 0 Å². The van der Waals surface area contributed by atoms with Gasteiger partial charge in [0, 0.05) is 57.0 Å². The predicted octanol–water partition coefficient (Wildman–Crippen LogP) is 3.91. The molecule has 0 aliphatic carbocycles. The van der Waals surface area contributed by atoms with Gasteiger partial charge < -0.3 is 30.3 Å². The number of fused-ring (bicyclic) bond motifs is 16. The predicted molar refractivity (Wildman–Crippen MR) is 169 cm³/mol. The highest BCUT2D eigenvalue weighted by Crippen LogP contribution is 2.34. The molecular weight excluding hydrogens is 593 g/mol. The van der Waals surface area contributed by atoms with E-state index in [1.54, 1.807) is 42.4 Å². The number of carbonyl (C=O) groups excluding carboxylic acids is 4. The number of nitrogens with zero attached hydrogens (tertiary/aromatic N) is 2. The average Bonchev–Trinajstić information content (AvgIpc) is 3.07. The summed E-state index contributed by atoms with van der Waals surface area (Å²) in [5, 5.41) is 8.37. The van der Waals surface area contributed by atoms with Crippen molar-refractivity contribution < 1.29 is 33.0 Å². The van der Waals surface area contributed by atoms with Crippen LogP contribution in [0.2, 0.25) is 0 Å². The molecule has 0 fully saturated rings. The second-order valence-electron chi connectivity index (χ2n) is 10.9. The summed E-state index contributed by atoms with van der Waals surface area (Å²) in [7, 11) is 1.44. The van der Waals surface area contributed by atoms with E-state index in [2.05, 4.69) is 20.9 Å². The summed E-state index contributed by atoms with van der Waals surface area (Å²) in [5.74, 6) is -1.41. The van der Waals surface area contributed by atoms with Crippen LogP contribution in [-0.2, 0) is 27.3 Å². The molecule has 244 valence electrons. The van der Waals surface area contributed by atoms with Gasteiger partial charge in [-0.2, -0.15) is 0 Å². The second kappa shape index (κ2) is 16.9. The molecule has 1 atom stereocenters. The molecule has 2 aromatic carbocycles. The van der Waals surface area contributed by atoms with Crippen LogP contribution in [0.1, 0.15) is 60.5 Å². The summed E-state index contributed by atoms with van der Waals surface area (Å²) < 4.78 is 26.2. The van der Waals surface area contributed by atoms with Gasteiger partial charge in [0.2, 0.25) is 17.7 Å². The zero-order valence-electron chi connectivity index (χ0n) is 26.1. The van der Waals surface area contributed by atoms with Crippen LogP contribution in [0.5, 0.6) is 17.2 Å². The van der Waals surface area contributed by atoms with Crippen LogP contribution in [-0.4, -0.2) is 66.3 Å². The Morgan fingerprint density at radius 2 is 1.89 bits per heavy atom. The van der Waals surface area contributed by atoms with Crippen molar-refractivity contribution in [3.05, 3.63) is 83.4 Å². The highest BCUT2D eigenvalue weighted by atomic mass is 19.1. The summed E-state index contributed by atoms with van der Waals surface area (Å²) in [4.78, 5) is 57.6. The van der Waals surface area contributed by atoms with Crippen LogP contribution in [0.15, 0.2) is 60.9 Å². The first-order valence-electron chi connectivity index (χ1n) is 15.4. The van der Waals surface area contributed by atoms with Crippen LogP contribution < -0.4 is 25.4 Å². The summed E-state index contributed by atoms with van der Waals surface area (Å²) in [5.41, 5.74) is 1.73. The van der Waals surface area contributed by atoms with Crippen molar-refractivity contribution >= 4 is 23.6 Å². The molecule has 5 rings (SSSR count). The van der Waals surface area contributed by atoms with Crippen molar-refractivity contribution in [2.45, 2.75) is 58.0 Å². The topological polar surface area (TPSA) is 139 Å². The monoisotopic (exact) mass is 633 g/mol.